The van der Waals surface area contributed by atoms with Crippen LogP contribution in [0, 0.1) is 6.92 Å². The van der Waals surface area contributed by atoms with Crippen LogP contribution < -0.4 is 4.72 Å². The lowest BCUT2D eigenvalue weighted by atomic mass is 10.2. The molecule has 164 valence electrons. The van der Waals surface area contributed by atoms with E-state index in [9.17, 15) is 13.2 Å². The highest BCUT2D eigenvalue weighted by atomic mass is 32.2. The Morgan fingerprint density at radius 3 is 1.91 bits per heavy atom. The summed E-state index contributed by atoms with van der Waals surface area (Å²) in [6.07, 6.45) is 3.09. The van der Waals surface area contributed by atoms with Crippen molar-refractivity contribution in [3.8, 4) is 0 Å². The van der Waals surface area contributed by atoms with Gasteiger partial charge in [-0.15, -0.1) is 0 Å². The summed E-state index contributed by atoms with van der Waals surface area (Å²) >= 11 is 0. The van der Waals surface area contributed by atoms with E-state index >= 15 is 0 Å². The van der Waals surface area contributed by atoms with E-state index in [4.69, 9.17) is 8.83 Å². The fraction of sp³-hybridized carbons (Fsp3) is 0.125. The molecule has 1 amide bonds. The number of aryl methyl sites for hydroxylation is 1. The van der Waals surface area contributed by atoms with E-state index in [1.165, 1.54) is 24.3 Å². The maximum atomic E-state index is 13.2. The zero-order chi connectivity index (χ0) is 22.6. The largest absolute Gasteiger partial charge is 0.467 e. The minimum absolute atomic E-state index is 0.0678. The molecular weight excluding hydrogens is 428 g/mol. The highest BCUT2D eigenvalue weighted by Crippen LogP contribution is 2.19. The SMILES string of the molecule is Cc1ccc(NS(=O)(=O)c2ccc(C(=O)N(Cc3ccco3)Cc3ccco3)cc2)cc1. The highest BCUT2D eigenvalue weighted by Gasteiger charge is 2.21. The Balaban J connectivity index is 1.52. The van der Waals surface area contributed by atoms with Crippen molar-refractivity contribution in [3.63, 3.8) is 0 Å². The first-order valence-electron chi connectivity index (χ1n) is 9.94. The average Bonchev–Trinajstić information content (AvgIpc) is 3.49. The maximum absolute atomic E-state index is 13.2. The lowest BCUT2D eigenvalue weighted by Gasteiger charge is -2.21. The zero-order valence-electron chi connectivity index (χ0n) is 17.4. The second kappa shape index (κ2) is 9.15. The van der Waals surface area contributed by atoms with Gasteiger partial charge in [0.1, 0.15) is 11.5 Å². The van der Waals surface area contributed by atoms with Crippen LogP contribution in [0.5, 0.6) is 0 Å². The number of carbonyl (C=O) groups excluding carboxylic acids is 1. The molecule has 4 rings (SSSR count). The lowest BCUT2D eigenvalue weighted by molar-refractivity contribution is 0.0704. The molecule has 0 aliphatic rings. The predicted octanol–water partition coefficient (Wildman–Crippen LogP) is 4.82. The molecule has 0 aliphatic carbocycles. The molecule has 8 heteroatoms. The molecule has 0 spiro atoms. The van der Waals surface area contributed by atoms with Crippen LogP contribution in [0.4, 0.5) is 5.69 Å². The quantitative estimate of drug-likeness (QED) is 0.415. The third-order valence-electron chi connectivity index (χ3n) is 4.86. The first-order chi connectivity index (χ1) is 15.4. The fourth-order valence-corrected chi connectivity index (χ4v) is 4.23. The minimum atomic E-state index is -3.78. The standard InChI is InChI=1S/C24H22N2O5S/c1-18-6-10-20(11-7-18)25-32(28,29)23-12-8-19(9-13-23)24(27)26(16-21-4-2-14-30-21)17-22-5-3-15-31-22/h2-15,25H,16-17H2,1H3. The number of nitrogens with zero attached hydrogens (tertiary/aromatic N) is 1. The van der Waals surface area contributed by atoms with Crippen LogP contribution >= 0.6 is 0 Å². The molecule has 0 atom stereocenters. The smallest absolute Gasteiger partial charge is 0.261 e. The van der Waals surface area contributed by atoms with Gasteiger partial charge in [-0.05, 0) is 67.6 Å². The summed E-state index contributed by atoms with van der Waals surface area (Å²) in [5.41, 5.74) is 1.86. The van der Waals surface area contributed by atoms with Crippen molar-refractivity contribution in [3.05, 3.63) is 108 Å². The Kier molecular flexibility index (Phi) is 6.13. The van der Waals surface area contributed by atoms with Crippen LogP contribution in [0.15, 0.2) is 99.1 Å². The van der Waals surface area contributed by atoms with Crippen molar-refractivity contribution in [1.29, 1.82) is 0 Å². The fourth-order valence-electron chi connectivity index (χ4n) is 3.18. The number of hydrogen-bond donors (Lipinski definition) is 1. The Labute approximate surface area is 186 Å². The number of benzene rings is 2. The molecule has 4 aromatic rings. The molecule has 0 fully saturated rings. The van der Waals surface area contributed by atoms with Gasteiger partial charge >= 0.3 is 0 Å². The first kappa shape index (κ1) is 21.5. The van der Waals surface area contributed by atoms with E-state index in [1.54, 1.807) is 53.8 Å². The Bertz CT molecular complexity index is 1230. The van der Waals surface area contributed by atoms with E-state index in [0.717, 1.165) is 5.56 Å². The third kappa shape index (κ3) is 5.09. The van der Waals surface area contributed by atoms with Crippen molar-refractivity contribution in [2.45, 2.75) is 24.9 Å². The number of rotatable bonds is 8. The van der Waals surface area contributed by atoms with Crippen LogP contribution in [0.1, 0.15) is 27.4 Å². The van der Waals surface area contributed by atoms with Crippen LogP contribution in [-0.2, 0) is 23.1 Å². The third-order valence-corrected chi connectivity index (χ3v) is 6.25. The summed E-state index contributed by atoms with van der Waals surface area (Å²) in [5, 5.41) is 0. The van der Waals surface area contributed by atoms with Crippen molar-refractivity contribution >= 4 is 21.6 Å². The van der Waals surface area contributed by atoms with Gasteiger partial charge in [0, 0.05) is 11.3 Å². The van der Waals surface area contributed by atoms with Crippen molar-refractivity contribution < 1.29 is 22.0 Å². The lowest BCUT2D eigenvalue weighted by Crippen LogP contribution is -2.30. The second-order valence-electron chi connectivity index (χ2n) is 7.32. The van der Waals surface area contributed by atoms with E-state index in [-0.39, 0.29) is 23.9 Å². The number of furan rings is 2. The molecule has 0 aliphatic heterocycles. The number of hydrogen-bond acceptors (Lipinski definition) is 5. The summed E-state index contributed by atoms with van der Waals surface area (Å²) < 4.78 is 38.7. The summed E-state index contributed by atoms with van der Waals surface area (Å²) in [6, 6.07) is 20.0. The van der Waals surface area contributed by atoms with Gasteiger partial charge in [-0.25, -0.2) is 8.42 Å². The van der Waals surface area contributed by atoms with Gasteiger partial charge in [0.05, 0.1) is 30.5 Å². The molecule has 2 aromatic carbocycles. The molecule has 0 saturated carbocycles. The normalized spacial score (nSPS) is 11.3. The van der Waals surface area contributed by atoms with E-state index in [0.29, 0.717) is 22.8 Å². The predicted molar refractivity (Wildman–Crippen MR) is 119 cm³/mol. The molecule has 0 bridgehead atoms. The Hall–Kier alpha value is -3.78. The highest BCUT2D eigenvalue weighted by molar-refractivity contribution is 7.92. The minimum Gasteiger partial charge on any atom is -0.467 e. The molecule has 0 saturated heterocycles. The second-order valence-corrected chi connectivity index (χ2v) is 9.00. The summed E-state index contributed by atoms with van der Waals surface area (Å²) in [4.78, 5) is 14.8. The van der Waals surface area contributed by atoms with Crippen LogP contribution in [0.2, 0.25) is 0 Å². The molecule has 32 heavy (non-hydrogen) atoms. The number of anilines is 1. The van der Waals surface area contributed by atoms with Gasteiger partial charge in [0.15, 0.2) is 0 Å². The van der Waals surface area contributed by atoms with E-state index in [2.05, 4.69) is 4.72 Å². The van der Waals surface area contributed by atoms with Crippen LogP contribution in [0.3, 0.4) is 0 Å². The summed E-state index contributed by atoms with van der Waals surface area (Å²) in [7, 11) is -3.78. The van der Waals surface area contributed by atoms with Gasteiger partial charge in [-0.2, -0.15) is 0 Å². The van der Waals surface area contributed by atoms with Crippen molar-refractivity contribution in [2.75, 3.05) is 4.72 Å². The first-order valence-corrected chi connectivity index (χ1v) is 11.4. The molecule has 2 aromatic heterocycles. The topological polar surface area (TPSA) is 92.8 Å². The molecule has 0 radical (unpaired) electrons. The number of carbonyl (C=O) groups is 1. The zero-order valence-corrected chi connectivity index (χ0v) is 18.2. The average molecular weight is 451 g/mol. The Morgan fingerprint density at radius 2 is 1.41 bits per heavy atom. The number of sulfonamides is 1. The van der Waals surface area contributed by atoms with Crippen molar-refractivity contribution in [1.82, 2.24) is 4.90 Å². The van der Waals surface area contributed by atoms with Crippen molar-refractivity contribution in [2.24, 2.45) is 0 Å². The molecule has 0 unspecified atom stereocenters. The summed E-state index contributed by atoms with van der Waals surface area (Å²) in [5.74, 6) is 0.992. The maximum Gasteiger partial charge on any atom is 0.261 e. The number of nitrogens with one attached hydrogen (secondary N) is 1. The molecule has 7 nitrogen and oxygen atoms in total. The molecule has 1 N–H and O–H groups in total. The molecular formula is C24H22N2O5S. The van der Waals surface area contributed by atoms with Crippen LogP contribution in [-0.4, -0.2) is 19.2 Å². The van der Waals surface area contributed by atoms with Crippen LogP contribution in [0.25, 0.3) is 0 Å². The Morgan fingerprint density at radius 1 is 0.844 bits per heavy atom. The van der Waals surface area contributed by atoms with Gasteiger partial charge in [0.2, 0.25) is 0 Å². The van der Waals surface area contributed by atoms with E-state index < -0.39 is 10.0 Å². The monoisotopic (exact) mass is 450 g/mol. The van der Waals surface area contributed by atoms with Gasteiger partial charge in [0.25, 0.3) is 15.9 Å². The van der Waals surface area contributed by atoms with Gasteiger partial charge in [-0.1, -0.05) is 17.7 Å². The van der Waals surface area contributed by atoms with Gasteiger partial charge < -0.3 is 13.7 Å². The van der Waals surface area contributed by atoms with E-state index in [1.807, 2.05) is 19.1 Å². The molecule has 2 heterocycles. The number of amides is 1. The van der Waals surface area contributed by atoms with Gasteiger partial charge in [-0.3, -0.25) is 9.52 Å². The summed E-state index contributed by atoms with van der Waals surface area (Å²) in [6.45, 7) is 2.43.